The maximum atomic E-state index is 11.1. The van der Waals surface area contributed by atoms with E-state index in [-0.39, 0.29) is 0 Å². The van der Waals surface area contributed by atoms with Crippen molar-refractivity contribution in [3.05, 3.63) is 33.3 Å². The van der Waals surface area contributed by atoms with Crippen LogP contribution in [0.15, 0.2) is 22.7 Å². The SMILES string of the molecule is COC(=O)[C@@H](N)Cc1ccc(Br)cc1Cl. The third-order valence-electron chi connectivity index (χ3n) is 1.96. The molecule has 0 spiro atoms. The van der Waals surface area contributed by atoms with Gasteiger partial charge in [0.05, 0.1) is 7.11 Å². The Morgan fingerprint density at radius 1 is 1.67 bits per heavy atom. The van der Waals surface area contributed by atoms with Crippen LogP contribution < -0.4 is 5.73 Å². The molecule has 1 aromatic carbocycles. The molecule has 15 heavy (non-hydrogen) atoms. The van der Waals surface area contributed by atoms with Crippen LogP contribution in [0.4, 0.5) is 0 Å². The van der Waals surface area contributed by atoms with Gasteiger partial charge in [0.25, 0.3) is 0 Å². The molecule has 1 rings (SSSR count). The summed E-state index contributed by atoms with van der Waals surface area (Å²) in [5.41, 5.74) is 6.45. The van der Waals surface area contributed by atoms with Crippen LogP contribution in [0.25, 0.3) is 0 Å². The highest BCUT2D eigenvalue weighted by Gasteiger charge is 2.15. The molecular formula is C10H11BrClNO2. The smallest absolute Gasteiger partial charge is 0.322 e. The van der Waals surface area contributed by atoms with Crippen molar-refractivity contribution in [3.8, 4) is 0 Å². The third kappa shape index (κ3) is 3.48. The van der Waals surface area contributed by atoms with Crippen molar-refractivity contribution in [1.29, 1.82) is 0 Å². The number of carbonyl (C=O) groups is 1. The molecular weight excluding hydrogens is 281 g/mol. The summed E-state index contributed by atoms with van der Waals surface area (Å²) in [6.07, 6.45) is 0.374. The quantitative estimate of drug-likeness (QED) is 0.869. The molecule has 3 nitrogen and oxygen atoms in total. The number of halogens is 2. The number of nitrogens with two attached hydrogens (primary N) is 1. The Morgan fingerprint density at radius 3 is 2.87 bits per heavy atom. The summed E-state index contributed by atoms with van der Waals surface area (Å²) in [6.45, 7) is 0. The number of methoxy groups -OCH3 is 1. The van der Waals surface area contributed by atoms with Crippen molar-refractivity contribution >= 4 is 33.5 Å². The molecule has 1 aromatic rings. The fourth-order valence-electron chi connectivity index (χ4n) is 1.16. The Kier molecular flexibility index (Phi) is 4.57. The molecule has 5 heteroatoms. The van der Waals surface area contributed by atoms with E-state index in [0.29, 0.717) is 11.4 Å². The lowest BCUT2D eigenvalue weighted by Crippen LogP contribution is -2.33. The summed E-state index contributed by atoms with van der Waals surface area (Å²) in [4.78, 5) is 11.1. The molecule has 1 atom stereocenters. The summed E-state index contributed by atoms with van der Waals surface area (Å²) in [7, 11) is 1.31. The molecule has 0 aliphatic carbocycles. The van der Waals surface area contributed by atoms with Crippen molar-refractivity contribution in [2.45, 2.75) is 12.5 Å². The molecule has 0 unspecified atom stereocenters. The minimum Gasteiger partial charge on any atom is -0.468 e. The summed E-state index contributed by atoms with van der Waals surface area (Å²) in [6, 6.07) is 4.77. The third-order valence-corrected chi connectivity index (χ3v) is 2.80. The summed E-state index contributed by atoms with van der Waals surface area (Å²) < 4.78 is 5.42. The van der Waals surface area contributed by atoms with Crippen LogP contribution >= 0.6 is 27.5 Å². The van der Waals surface area contributed by atoms with E-state index in [9.17, 15) is 4.79 Å². The van der Waals surface area contributed by atoms with Crippen molar-refractivity contribution < 1.29 is 9.53 Å². The zero-order valence-corrected chi connectivity index (χ0v) is 10.5. The zero-order valence-electron chi connectivity index (χ0n) is 8.17. The minimum atomic E-state index is -0.673. The summed E-state index contributed by atoms with van der Waals surface area (Å²) in [5.74, 6) is -0.436. The van der Waals surface area contributed by atoms with E-state index in [2.05, 4.69) is 20.7 Å². The van der Waals surface area contributed by atoms with Crippen LogP contribution in [-0.2, 0) is 16.0 Å². The lowest BCUT2D eigenvalue weighted by atomic mass is 10.1. The van der Waals surface area contributed by atoms with Crippen LogP contribution in [0.1, 0.15) is 5.56 Å². The lowest BCUT2D eigenvalue weighted by Gasteiger charge is -2.10. The van der Waals surface area contributed by atoms with Crippen LogP contribution in [-0.4, -0.2) is 19.1 Å². The van der Waals surface area contributed by atoms with E-state index < -0.39 is 12.0 Å². The first kappa shape index (κ1) is 12.5. The van der Waals surface area contributed by atoms with Crippen LogP contribution in [0.2, 0.25) is 5.02 Å². The number of ether oxygens (including phenoxy) is 1. The molecule has 0 saturated heterocycles. The standard InChI is InChI=1S/C10H11BrClNO2/c1-15-10(14)9(13)4-6-2-3-7(11)5-8(6)12/h2-3,5,9H,4,13H2,1H3/t9-/m0/s1. The van der Waals surface area contributed by atoms with Gasteiger partial charge in [0.1, 0.15) is 6.04 Å². The van der Waals surface area contributed by atoms with Crippen LogP contribution in [0, 0.1) is 0 Å². The molecule has 0 saturated carbocycles. The monoisotopic (exact) mass is 291 g/mol. The largest absolute Gasteiger partial charge is 0.468 e. The van der Waals surface area contributed by atoms with E-state index in [0.717, 1.165) is 10.0 Å². The van der Waals surface area contributed by atoms with Gasteiger partial charge in [0, 0.05) is 9.50 Å². The predicted octanol–water partition coefficient (Wildman–Crippen LogP) is 2.15. The highest BCUT2D eigenvalue weighted by molar-refractivity contribution is 9.10. The van der Waals surface area contributed by atoms with E-state index in [4.69, 9.17) is 17.3 Å². The molecule has 0 aliphatic rings. The maximum absolute atomic E-state index is 11.1. The normalized spacial score (nSPS) is 12.3. The summed E-state index contributed by atoms with van der Waals surface area (Å²) in [5, 5.41) is 0.587. The molecule has 2 N–H and O–H groups in total. The fourth-order valence-corrected chi connectivity index (χ4v) is 1.91. The zero-order chi connectivity index (χ0) is 11.4. The van der Waals surface area contributed by atoms with Gasteiger partial charge in [-0.1, -0.05) is 33.6 Å². The van der Waals surface area contributed by atoms with Gasteiger partial charge in [0.15, 0.2) is 0 Å². The van der Waals surface area contributed by atoms with Gasteiger partial charge in [-0.05, 0) is 24.1 Å². The molecule has 0 radical (unpaired) electrons. The number of rotatable bonds is 3. The van der Waals surface area contributed by atoms with Gasteiger partial charge in [0.2, 0.25) is 0 Å². The number of carbonyl (C=O) groups excluding carboxylic acids is 1. The Bertz CT molecular complexity index is 370. The number of hydrogen-bond acceptors (Lipinski definition) is 3. The number of benzene rings is 1. The average Bonchev–Trinajstić information content (AvgIpc) is 2.20. The van der Waals surface area contributed by atoms with Gasteiger partial charge >= 0.3 is 5.97 Å². The number of esters is 1. The van der Waals surface area contributed by atoms with Gasteiger partial charge < -0.3 is 10.5 Å². The minimum absolute atomic E-state index is 0.374. The molecule has 0 fully saturated rings. The maximum Gasteiger partial charge on any atom is 0.322 e. The molecule has 0 aromatic heterocycles. The first-order chi connectivity index (χ1) is 7.04. The summed E-state index contributed by atoms with van der Waals surface area (Å²) >= 11 is 9.28. The second-order valence-electron chi connectivity index (χ2n) is 3.07. The van der Waals surface area contributed by atoms with Gasteiger partial charge in [-0.15, -0.1) is 0 Å². The second kappa shape index (κ2) is 5.49. The van der Waals surface area contributed by atoms with Crippen molar-refractivity contribution in [2.24, 2.45) is 5.73 Å². The highest BCUT2D eigenvalue weighted by atomic mass is 79.9. The van der Waals surface area contributed by atoms with Crippen LogP contribution in [0.5, 0.6) is 0 Å². The fraction of sp³-hybridized carbons (Fsp3) is 0.300. The van der Waals surface area contributed by atoms with E-state index >= 15 is 0 Å². The molecule has 0 bridgehead atoms. The van der Waals surface area contributed by atoms with Crippen molar-refractivity contribution in [2.75, 3.05) is 7.11 Å². The Balaban J connectivity index is 2.76. The Labute approximate surface area is 102 Å². The molecule has 0 heterocycles. The van der Waals surface area contributed by atoms with Gasteiger partial charge in [-0.3, -0.25) is 4.79 Å². The van der Waals surface area contributed by atoms with E-state index in [1.54, 1.807) is 6.07 Å². The first-order valence-corrected chi connectivity index (χ1v) is 5.49. The highest BCUT2D eigenvalue weighted by Crippen LogP contribution is 2.22. The molecule has 82 valence electrons. The second-order valence-corrected chi connectivity index (χ2v) is 4.39. The van der Waals surface area contributed by atoms with E-state index in [1.165, 1.54) is 7.11 Å². The van der Waals surface area contributed by atoms with Gasteiger partial charge in [-0.2, -0.15) is 0 Å². The molecule has 0 amide bonds. The average molecular weight is 293 g/mol. The lowest BCUT2D eigenvalue weighted by molar-refractivity contribution is -0.142. The number of hydrogen-bond donors (Lipinski definition) is 1. The molecule has 0 aliphatic heterocycles. The topological polar surface area (TPSA) is 52.3 Å². The van der Waals surface area contributed by atoms with E-state index in [1.807, 2.05) is 12.1 Å². The van der Waals surface area contributed by atoms with Crippen molar-refractivity contribution in [1.82, 2.24) is 0 Å². The first-order valence-electron chi connectivity index (χ1n) is 4.32. The predicted molar refractivity (Wildman–Crippen MR) is 62.8 cm³/mol. The Hall–Kier alpha value is -0.580. The Morgan fingerprint density at radius 2 is 2.33 bits per heavy atom. The van der Waals surface area contributed by atoms with Crippen LogP contribution in [0.3, 0.4) is 0 Å². The van der Waals surface area contributed by atoms with Gasteiger partial charge in [-0.25, -0.2) is 0 Å². The van der Waals surface area contributed by atoms with Crippen molar-refractivity contribution in [3.63, 3.8) is 0 Å².